The van der Waals surface area contributed by atoms with Crippen molar-refractivity contribution in [2.75, 3.05) is 15.5 Å². The predicted molar refractivity (Wildman–Crippen MR) is 149 cm³/mol. The van der Waals surface area contributed by atoms with Gasteiger partial charge in [-0.15, -0.1) is 0 Å². The zero-order valence-electron chi connectivity index (χ0n) is 20.6. The van der Waals surface area contributed by atoms with Crippen molar-refractivity contribution in [3.8, 4) is 0 Å². The van der Waals surface area contributed by atoms with Crippen molar-refractivity contribution < 1.29 is 19.3 Å². The number of hydrogen-bond donors (Lipinski definition) is 2. The van der Waals surface area contributed by atoms with Crippen molar-refractivity contribution >= 4 is 72.9 Å². The number of nitro groups is 1. The minimum absolute atomic E-state index is 0.0575. The number of nitrogens with zero attached hydrogens (tertiary/aromatic N) is 2. The summed E-state index contributed by atoms with van der Waals surface area (Å²) in [5, 5.41) is 18.8. The number of halogens is 1. The topological polar surface area (TPSA) is 122 Å². The first-order valence-electron chi connectivity index (χ1n) is 11.6. The third-order valence-electron chi connectivity index (χ3n) is 6.63. The van der Waals surface area contributed by atoms with Crippen LogP contribution in [0.15, 0.2) is 65.1 Å². The van der Waals surface area contributed by atoms with Crippen LogP contribution >= 0.6 is 15.9 Å². The van der Waals surface area contributed by atoms with Crippen LogP contribution in [0.2, 0.25) is 0 Å². The standard InChI is InChI=1S/C28H21BrN4O5/c1-14-15(2)23(12-11-22(14)29)31-26-19-5-4-6-20-25(19)21(13-24(26)33(37)38)28(36)32(27(20)35)18-9-7-17(8-10-18)30-16(3)34/h4-13,31H,1-3H3,(H,30,34). The minimum atomic E-state index is -0.670. The molecule has 2 N–H and O–H groups in total. The first-order valence-corrected chi connectivity index (χ1v) is 12.4. The lowest BCUT2D eigenvalue weighted by atomic mass is 9.91. The average molecular weight is 573 g/mol. The van der Waals surface area contributed by atoms with Crippen molar-refractivity contribution in [3.63, 3.8) is 0 Å². The highest BCUT2D eigenvalue weighted by Gasteiger charge is 2.37. The zero-order valence-corrected chi connectivity index (χ0v) is 22.2. The van der Waals surface area contributed by atoms with Crippen molar-refractivity contribution in [1.82, 2.24) is 0 Å². The number of nitro benzene ring substituents is 1. The third kappa shape index (κ3) is 4.08. The Morgan fingerprint density at radius 3 is 2.29 bits per heavy atom. The fraction of sp³-hybridized carbons (Fsp3) is 0.107. The molecular formula is C28H21BrN4O5. The monoisotopic (exact) mass is 572 g/mol. The number of hydrogen-bond acceptors (Lipinski definition) is 6. The molecule has 0 atom stereocenters. The molecule has 0 saturated carbocycles. The van der Waals surface area contributed by atoms with Gasteiger partial charge in [-0.25, -0.2) is 4.90 Å². The summed E-state index contributed by atoms with van der Waals surface area (Å²) >= 11 is 3.50. The van der Waals surface area contributed by atoms with E-state index in [1.165, 1.54) is 25.1 Å². The number of nitrogens with one attached hydrogen (secondary N) is 2. The molecule has 3 amide bonds. The van der Waals surface area contributed by atoms with Crippen LogP contribution in [0.1, 0.15) is 38.8 Å². The molecule has 5 rings (SSSR count). The molecule has 0 saturated heterocycles. The maximum atomic E-state index is 13.6. The molecule has 0 fully saturated rings. The second kappa shape index (κ2) is 9.38. The highest BCUT2D eigenvalue weighted by molar-refractivity contribution is 9.10. The SMILES string of the molecule is CC(=O)Nc1ccc(N2C(=O)c3cccc4c(Nc5ccc(Br)c(C)c5C)c([N+](=O)[O-])cc(c34)C2=O)cc1. The second-order valence-corrected chi connectivity index (χ2v) is 9.80. The van der Waals surface area contributed by atoms with Gasteiger partial charge in [-0.3, -0.25) is 24.5 Å². The van der Waals surface area contributed by atoms with Gasteiger partial charge in [0.15, 0.2) is 0 Å². The highest BCUT2D eigenvalue weighted by Crippen LogP contribution is 2.43. The lowest BCUT2D eigenvalue weighted by Gasteiger charge is -2.28. The van der Waals surface area contributed by atoms with Gasteiger partial charge in [0.05, 0.1) is 16.2 Å². The lowest BCUT2D eigenvalue weighted by molar-refractivity contribution is -0.383. The smallest absolute Gasteiger partial charge is 0.294 e. The first-order chi connectivity index (χ1) is 18.1. The highest BCUT2D eigenvalue weighted by atomic mass is 79.9. The van der Waals surface area contributed by atoms with Crippen LogP contribution < -0.4 is 15.5 Å². The van der Waals surface area contributed by atoms with Crippen LogP contribution in [0.3, 0.4) is 0 Å². The summed E-state index contributed by atoms with van der Waals surface area (Å²) in [5.41, 5.74) is 3.56. The number of carbonyl (C=O) groups excluding carboxylic acids is 3. The van der Waals surface area contributed by atoms with Gasteiger partial charge in [-0.05, 0) is 67.4 Å². The van der Waals surface area contributed by atoms with E-state index in [0.717, 1.165) is 20.5 Å². The zero-order chi connectivity index (χ0) is 27.3. The Labute approximate surface area is 225 Å². The van der Waals surface area contributed by atoms with Crippen LogP contribution in [0, 0.1) is 24.0 Å². The molecule has 38 heavy (non-hydrogen) atoms. The number of benzene rings is 4. The molecule has 1 aliphatic rings. The largest absolute Gasteiger partial charge is 0.349 e. The molecule has 190 valence electrons. The quantitative estimate of drug-likeness (QED) is 0.157. The number of imide groups is 1. The van der Waals surface area contributed by atoms with Gasteiger partial charge in [0, 0.05) is 45.2 Å². The number of rotatable bonds is 5. The predicted octanol–water partition coefficient (Wildman–Crippen LogP) is 6.63. The molecule has 1 heterocycles. The molecule has 0 aliphatic carbocycles. The molecule has 4 aromatic carbocycles. The van der Waals surface area contributed by atoms with Gasteiger partial charge >= 0.3 is 0 Å². The van der Waals surface area contributed by atoms with Gasteiger partial charge in [-0.1, -0.05) is 28.1 Å². The van der Waals surface area contributed by atoms with Gasteiger partial charge in [0.25, 0.3) is 17.5 Å². The van der Waals surface area contributed by atoms with Crippen LogP contribution in [0.5, 0.6) is 0 Å². The van der Waals surface area contributed by atoms with E-state index in [-0.39, 0.29) is 34.1 Å². The fourth-order valence-corrected chi connectivity index (χ4v) is 5.04. The van der Waals surface area contributed by atoms with E-state index in [4.69, 9.17) is 0 Å². The van der Waals surface area contributed by atoms with Crippen LogP contribution in [-0.2, 0) is 4.79 Å². The van der Waals surface area contributed by atoms with Crippen molar-refractivity contribution in [2.45, 2.75) is 20.8 Å². The summed E-state index contributed by atoms with van der Waals surface area (Å²) in [4.78, 5) is 51.2. The van der Waals surface area contributed by atoms with Gasteiger partial charge in [0.2, 0.25) is 5.91 Å². The normalized spacial score (nSPS) is 12.6. The number of amides is 3. The molecule has 0 radical (unpaired) electrons. The van der Waals surface area contributed by atoms with E-state index in [1.54, 1.807) is 30.3 Å². The minimum Gasteiger partial charge on any atom is -0.349 e. The Kier molecular flexibility index (Phi) is 6.20. The first kappa shape index (κ1) is 25.1. The van der Waals surface area contributed by atoms with Crippen molar-refractivity contribution in [2.24, 2.45) is 0 Å². The van der Waals surface area contributed by atoms with Gasteiger partial charge in [-0.2, -0.15) is 0 Å². The molecule has 10 heteroatoms. The molecule has 0 aromatic heterocycles. The lowest BCUT2D eigenvalue weighted by Crippen LogP contribution is -2.40. The molecular weight excluding hydrogens is 552 g/mol. The number of carbonyl (C=O) groups is 3. The maximum absolute atomic E-state index is 13.6. The molecule has 0 unspecified atom stereocenters. The van der Waals surface area contributed by atoms with Crippen LogP contribution in [-0.4, -0.2) is 22.6 Å². The third-order valence-corrected chi connectivity index (χ3v) is 7.49. The van der Waals surface area contributed by atoms with Crippen molar-refractivity contribution in [3.05, 3.63) is 97.5 Å². The van der Waals surface area contributed by atoms with E-state index in [1.807, 2.05) is 26.0 Å². The summed E-state index contributed by atoms with van der Waals surface area (Å²) in [6.45, 7) is 5.21. The Morgan fingerprint density at radius 1 is 0.947 bits per heavy atom. The second-order valence-electron chi connectivity index (χ2n) is 8.95. The Hall–Kier alpha value is -4.57. The average Bonchev–Trinajstić information content (AvgIpc) is 2.88. The Bertz CT molecular complexity index is 1700. The van der Waals surface area contributed by atoms with Crippen LogP contribution in [0.4, 0.5) is 28.4 Å². The molecule has 9 nitrogen and oxygen atoms in total. The van der Waals surface area contributed by atoms with E-state index in [2.05, 4.69) is 26.6 Å². The summed E-state index contributed by atoms with van der Waals surface area (Å²) in [7, 11) is 0. The summed E-state index contributed by atoms with van der Waals surface area (Å²) in [5.74, 6) is -1.47. The summed E-state index contributed by atoms with van der Waals surface area (Å²) < 4.78 is 0.910. The maximum Gasteiger partial charge on any atom is 0.294 e. The summed E-state index contributed by atoms with van der Waals surface area (Å²) in [6, 6.07) is 16.0. The number of anilines is 4. The van der Waals surface area contributed by atoms with E-state index in [9.17, 15) is 24.5 Å². The Balaban J connectivity index is 1.67. The molecule has 4 aromatic rings. The van der Waals surface area contributed by atoms with Crippen LogP contribution in [0.25, 0.3) is 10.8 Å². The van der Waals surface area contributed by atoms with E-state index >= 15 is 0 Å². The summed E-state index contributed by atoms with van der Waals surface area (Å²) in [6.07, 6.45) is 0. The molecule has 0 spiro atoms. The van der Waals surface area contributed by atoms with Crippen molar-refractivity contribution in [1.29, 1.82) is 0 Å². The van der Waals surface area contributed by atoms with E-state index in [0.29, 0.717) is 22.1 Å². The van der Waals surface area contributed by atoms with Gasteiger partial charge < -0.3 is 10.6 Å². The van der Waals surface area contributed by atoms with Gasteiger partial charge in [0.1, 0.15) is 5.69 Å². The fourth-order valence-electron chi connectivity index (χ4n) is 4.61. The molecule has 0 bridgehead atoms. The Morgan fingerprint density at radius 2 is 1.63 bits per heavy atom. The molecule has 1 aliphatic heterocycles. The van der Waals surface area contributed by atoms with E-state index < -0.39 is 16.7 Å².